The van der Waals surface area contributed by atoms with Crippen molar-refractivity contribution < 1.29 is 0 Å². The normalized spacial score (nSPS) is 12.4. The molecule has 2 nitrogen and oxygen atoms in total. The van der Waals surface area contributed by atoms with Crippen molar-refractivity contribution in [3.8, 4) is 0 Å². The second-order valence-corrected chi connectivity index (χ2v) is 5.36. The fourth-order valence-electron chi connectivity index (χ4n) is 1.94. The summed E-state index contributed by atoms with van der Waals surface area (Å²) in [4.78, 5) is 4.30. The Balaban J connectivity index is 1.82. The van der Waals surface area contributed by atoms with Crippen LogP contribution in [0.4, 0.5) is 0 Å². The Morgan fingerprint density at radius 2 is 1.79 bits per heavy atom. The van der Waals surface area contributed by atoms with Gasteiger partial charge in [-0.1, -0.05) is 29.8 Å². The number of benzene rings is 1. The second kappa shape index (κ2) is 6.69. The summed E-state index contributed by atoms with van der Waals surface area (Å²) in [5, 5.41) is 4.30. The molecule has 3 heteroatoms. The topological polar surface area (TPSA) is 24.9 Å². The van der Waals surface area contributed by atoms with E-state index in [4.69, 9.17) is 11.6 Å². The zero-order valence-electron chi connectivity index (χ0n) is 11.4. The van der Waals surface area contributed by atoms with Gasteiger partial charge in [-0.05, 0) is 49.6 Å². The number of nitrogens with one attached hydrogen (secondary N) is 1. The van der Waals surface area contributed by atoms with E-state index in [9.17, 15) is 0 Å². The maximum Gasteiger partial charge on any atom is 0.0406 e. The Kier molecular flexibility index (Phi) is 4.94. The average molecular weight is 275 g/mol. The number of aromatic nitrogens is 1. The van der Waals surface area contributed by atoms with Crippen molar-refractivity contribution >= 4 is 11.6 Å². The third-order valence-electron chi connectivity index (χ3n) is 3.08. The van der Waals surface area contributed by atoms with E-state index in [1.165, 1.54) is 11.1 Å². The molecule has 1 heterocycles. The molecule has 2 rings (SSSR count). The third-order valence-corrected chi connectivity index (χ3v) is 3.33. The first-order valence-electron chi connectivity index (χ1n) is 6.53. The highest BCUT2D eigenvalue weighted by molar-refractivity contribution is 6.30. The van der Waals surface area contributed by atoms with Crippen molar-refractivity contribution in [3.05, 3.63) is 64.4 Å². The molecular weight excluding hydrogens is 256 g/mol. The maximum atomic E-state index is 5.88. The Hall–Kier alpha value is -1.38. The molecule has 1 unspecified atom stereocenters. The van der Waals surface area contributed by atoms with Gasteiger partial charge in [0, 0.05) is 29.5 Å². The van der Waals surface area contributed by atoms with E-state index >= 15 is 0 Å². The first-order valence-corrected chi connectivity index (χ1v) is 6.90. The van der Waals surface area contributed by atoms with Crippen molar-refractivity contribution in [1.82, 2.24) is 10.3 Å². The van der Waals surface area contributed by atoms with Crippen LogP contribution in [0.2, 0.25) is 5.02 Å². The van der Waals surface area contributed by atoms with E-state index in [1.807, 2.05) is 31.3 Å². The lowest BCUT2D eigenvalue weighted by atomic mass is 10.1. The zero-order valence-corrected chi connectivity index (χ0v) is 12.1. The van der Waals surface area contributed by atoms with E-state index in [0.717, 1.165) is 23.7 Å². The smallest absolute Gasteiger partial charge is 0.0406 e. The lowest BCUT2D eigenvalue weighted by Crippen LogP contribution is -2.27. The van der Waals surface area contributed by atoms with E-state index in [-0.39, 0.29) is 0 Å². The van der Waals surface area contributed by atoms with Gasteiger partial charge in [0.2, 0.25) is 0 Å². The molecule has 0 aliphatic rings. The van der Waals surface area contributed by atoms with Crippen LogP contribution in [0.5, 0.6) is 0 Å². The van der Waals surface area contributed by atoms with Crippen molar-refractivity contribution in [2.45, 2.75) is 32.9 Å². The molecule has 1 atom stereocenters. The number of aryl methyl sites for hydroxylation is 1. The van der Waals surface area contributed by atoms with E-state index < -0.39 is 0 Å². The van der Waals surface area contributed by atoms with Gasteiger partial charge in [0.15, 0.2) is 0 Å². The van der Waals surface area contributed by atoms with Crippen LogP contribution >= 0.6 is 11.6 Å². The molecule has 0 spiro atoms. The molecule has 0 saturated carbocycles. The highest BCUT2D eigenvalue weighted by atomic mass is 35.5. The summed E-state index contributed by atoms with van der Waals surface area (Å²) < 4.78 is 0. The largest absolute Gasteiger partial charge is 0.310 e. The van der Waals surface area contributed by atoms with Gasteiger partial charge in [0.1, 0.15) is 0 Å². The molecule has 1 N–H and O–H groups in total. The number of hydrogen-bond donors (Lipinski definition) is 1. The van der Waals surface area contributed by atoms with Gasteiger partial charge in [-0.2, -0.15) is 0 Å². The first kappa shape index (κ1) is 14.0. The zero-order chi connectivity index (χ0) is 13.7. The molecule has 0 saturated heterocycles. The number of pyridine rings is 1. The lowest BCUT2D eigenvalue weighted by molar-refractivity contribution is 0.545. The van der Waals surface area contributed by atoms with Crippen LogP contribution < -0.4 is 5.32 Å². The van der Waals surface area contributed by atoms with Crippen LogP contribution in [0.3, 0.4) is 0 Å². The quantitative estimate of drug-likeness (QED) is 0.898. The van der Waals surface area contributed by atoms with Gasteiger partial charge in [-0.25, -0.2) is 0 Å². The molecule has 1 aromatic carbocycles. The average Bonchev–Trinajstić information content (AvgIpc) is 2.41. The summed E-state index contributed by atoms with van der Waals surface area (Å²) in [5.74, 6) is 0. The molecule has 0 fully saturated rings. The Morgan fingerprint density at radius 1 is 1.11 bits per heavy atom. The van der Waals surface area contributed by atoms with E-state index in [2.05, 4.69) is 35.4 Å². The van der Waals surface area contributed by atoms with Crippen molar-refractivity contribution in [3.63, 3.8) is 0 Å². The highest BCUT2D eigenvalue weighted by Crippen LogP contribution is 2.11. The van der Waals surface area contributed by atoms with Gasteiger partial charge < -0.3 is 5.32 Å². The first-order chi connectivity index (χ1) is 9.13. The summed E-state index contributed by atoms with van der Waals surface area (Å²) in [7, 11) is 0. The molecule has 0 amide bonds. The lowest BCUT2D eigenvalue weighted by Gasteiger charge is -2.14. The molecule has 0 aliphatic carbocycles. The van der Waals surface area contributed by atoms with Crippen molar-refractivity contribution in [2.24, 2.45) is 0 Å². The van der Waals surface area contributed by atoms with Gasteiger partial charge in [0.05, 0.1) is 0 Å². The fourth-order valence-corrected chi connectivity index (χ4v) is 2.07. The Labute approximate surface area is 119 Å². The minimum Gasteiger partial charge on any atom is -0.310 e. The molecule has 100 valence electrons. The van der Waals surface area contributed by atoms with Gasteiger partial charge >= 0.3 is 0 Å². The van der Waals surface area contributed by atoms with Crippen LogP contribution in [0.15, 0.2) is 42.6 Å². The standard InChI is InChI=1S/C16H19ClN2/c1-12-3-4-15(10-18-12)11-19-13(2)9-14-5-7-16(17)8-6-14/h3-8,10,13,19H,9,11H2,1-2H3. The van der Waals surface area contributed by atoms with Gasteiger partial charge in [-0.3, -0.25) is 4.98 Å². The molecule has 2 aromatic rings. The van der Waals surface area contributed by atoms with Crippen LogP contribution in [-0.2, 0) is 13.0 Å². The summed E-state index contributed by atoms with van der Waals surface area (Å²) in [6.07, 6.45) is 2.92. The third kappa shape index (κ3) is 4.66. The van der Waals surface area contributed by atoms with Gasteiger partial charge in [0.25, 0.3) is 0 Å². The molecule has 0 radical (unpaired) electrons. The summed E-state index contributed by atoms with van der Waals surface area (Å²) in [6, 6.07) is 12.6. The fraction of sp³-hybridized carbons (Fsp3) is 0.312. The Morgan fingerprint density at radius 3 is 2.42 bits per heavy atom. The molecular formula is C16H19ClN2. The second-order valence-electron chi connectivity index (χ2n) is 4.92. The summed E-state index contributed by atoms with van der Waals surface area (Å²) in [6.45, 7) is 5.04. The summed E-state index contributed by atoms with van der Waals surface area (Å²) in [5.41, 5.74) is 3.57. The number of hydrogen-bond acceptors (Lipinski definition) is 2. The maximum absolute atomic E-state index is 5.88. The van der Waals surface area contributed by atoms with Crippen LogP contribution in [0.25, 0.3) is 0 Å². The van der Waals surface area contributed by atoms with Crippen LogP contribution in [0, 0.1) is 6.92 Å². The van der Waals surface area contributed by atoms with E-state index in [1.54, 1.807) is 0 Å². The van der Waals surface area contributed by atoms with Gasteiger partial charge in [-0.15, -0.1) is 0 Å². The predicted molar refractivity (Wildman–Crippen MR) is 80.4 cm³/mol. The number of nitrogens with zero attached hydrogens (tertiary/aromatic N) is 1. The van der Waals surface area contributed by atoms with E-state index in [0.29, 0.717) is 6.04 Å². The summed E-state index contributed by atoms with van der Waals surface area (Å²) >= 11 is 5.88. The minimum absolute atomic E-state index is 0.419. The molecule has 0 bridgehead atoms. The predicted octanol–water partition coefficient (Wildman–Crippen LogP) is 3.76. The molecule has 1 aromatic heterocycles. The molecule has 0 aliphatic heterocycles. The Bertz CT molecular complexity index is 505. The SMILES string of the molecule is Cc1ccc(CNC(C)Cc2ccc(Cl)cc2)cn1. The number of rotatable bonds is 5. The van der Waals surface area contributed by atoms with Crippen molar-refractivity contribution in [2.75, 3.05) is 0 Å². The highest BCUT2D eigenvalue weighted by Gasteiger charge is 2.03. The van der Waals surface area contributed by atoms with Crippen LogP contribution in [0.1, 0.15) is 23.7 Å². The minimum atomic E-state index is 0.419. The van der Waals surface area contributed by atoms with Crippen molar-refractivity contribution in [1.29, 1.82) is 0 Å². The molecule has 19 heavy (non-hydrogen) atoms. The number of halogens is 1. The monoisotopic (exact) mass is 274 g/mol. The van der Waals surface area contributed by atoms with Crippen LogP contribution in [-0.4, -0.2) is 11.0 Å².